The molecule has 1 aromatic heterocycles. The van der Waals surface area contributed by atoms with E-state index in [2.05, 4.69) is 29.5 Å². The smallest absolute Gasteiger partial charge is 0.257 e. The topological polar surface area (TPSA) is 63.2 Å². The predicted octanol–water partition coefficient (Wildman–Crippen LogP) is 3.31. The second kappa shape index (κ2) is 9.74. The van der Waals surface area contributed by atoms with Crippen LogP contribution in [0, 0.1) is 5.92 Å². The molecule has 1 aromatic carbocycles. The van der Waals surface area contributed by atoms with E-state index < -0.39 is 0 Å². The van der Waals surface area contributed by atoms with Gasteiger partial charge in [0.15, 0.2) is 5.11 Å². The van der Waals surface area contributed by atoms with Crippen molar-refractivity contribution in [2.24, 2.45) is 5.92 Å². The van der Waals surface area contributed by atoms with Crippen LogP contribution in [0.15, 0.2) is 48.8 Å². The predicted molar refractivity (Wildman–Crippen MR) is 103 cm³/mol. The van der Waals surface area contributed by atoms with E-state index >= 15 is 0 Å². The highest BCUT2D eigenvalue weighted by Crippen LogP contribution is 2.14. The molecule has 0 atom stereocenters. The minimum absolute atomic E-state index is 0.266. The zero-order valence-corrected chi connectivity index (χ0v) is 15.3. The third kappa shape index (κ3) is 6.89. The molecule has 2 aromatic rings. The van der Waals surface area contributed by atoms with Gasteiger partial charge in [-0.3, -0.25) is 15.1 Å². The minimum Gasteiger partial charge on any atom is -0.494 e. The Bertz CT molecular complexity index is 705. The highest BCUT2D eigenvalue weighted by molar-refractivity contribution is 7.80. The Morgan fingerprint density at radius 3 is 2.84 bits per heavy atom. The first-order valence-corrected chi connectivity index (χ1v) is 8.66. The summed E-state index contributed by atoms with van der Waals surface area (Å²) in [5, 5.41) is 5.94. The maximum absolute atomic E-state index is 12.3. The molecule has 1 heterocycles. The largest absolute Gasteiger partial charge is 0.494 e. The zero-order valence-electron chi connectivity index (χ0n) is 14.5. The molecule has 0 spiro atoms. The lowest BCUT2D eigenvalue weighted by atomic mass is 10.1. The fraction of sp³-hybridized carbons (Fsp3) is 0.316. The van der Waals surface area contributed by atoms with Crippen LogP contribution in [0.4, 0.5) is 0 Å². The van der Waals surface area contributed by atoms with Crippen molar-refractivity contribution in [1.82, 2.24) is 15.6 Å². The summed E-state index contributed by atoms with van der Waals surface area (Å²) < 4.78 is 5.68. The number of aromatic nitrogens is 1. The highest BCUT2D eigenvalue weighted by atomic mass is 32.1. The number of rotatable bonds is 7. The minimum atomic E-state index is -0.266. The summed E-state index contributed by atoms with van der Waals surface area (Å²) in [7, 11) is 0. The van der Waals surface area contributed by atoms with Crippen LogP contribution in [0.2, 0.25) is 0 Å². The summed E-state index contributed by atoms with van der Waals surface area (Å²) in [6, 6.07) is 10.9. The van der Waals surface area contributed by atoms with E-state index in [0.29, 0.717) is 30.4 Å². The van der Waals surface area contributed by atoms with E-state index in [1.807, 2.05) is 18.2 Å². The Morgan fingerprint density at radius 2 is 2.12 bits per heavy atom. The molecule has 0 saturated carbocycles. The van der Waals surface area contributed by atoms with Crippen molar-refractivity contribution >= 4 is 23.2 Å². The summed E-state index contributed by atoms with van der Waals surface area (Å²) in [5.41, 5.74) is 1.49. The second-order valence-corrected chi connectivity index (χ2v) is 6.47. The molecule has 6 heteroatoms. The van der Waals surface area contributed by atoms with E-state index in [-0.39, 0.29) is 11.0 Å². The lowest BCUT2D eigenvalue weighted by molar-refractivity contribution is 0.0976. The van der Waals surface area contributed by atoms with Gasteiger partial charge >= 0.3 is 0 Å². The molecular weight excluding hydrogens is 334 g/mol. The molecular formula is C19H23N3O2S. The van der Waals surface area contributed by atoms with Crippen LogP contribution >= 0.6 is 12.2 Å². The van der Waals surface area contributed by atoms with Gasteiger partial charge in [0.25, 0.3) is 5.91 Å². The molecule has 0 unspecified atom stereocenters. The van der Waals surface area contributed by atoms with Crippen LogP contribution in [0.5, 0.6) is 5.75 Å². The fourth-order valence-corrected chi connectivity index (χ4v) is 2.21. The lowest BCUT2D eigenvalue weighted by Crippen LogP contribution is -2.38. The Kier molecular flexibility index (Phi) is 7.35. The molecule has 0 fully saturated rings. The SMILES string of the molecule is CC(C)CCOc1cccc(C(=O)NC(=S)NCc2cccnc2)c1. The van der Waals surface area contributed by atoms with Crippen LogP contribution in [0.3, 0.4) is 0 Å². The highest BCUT2D eigenvalue weighted by Gasteiger charge is 2.09. The van der Waals surface area contributed by atoms with E-state index in [4.69, 9.17) is 17.0 Å². The third-order valence-electron chi connectivity index (χ3n) is 3.46. The Balaban J connectivity index is 1.84. The summed E-state index contributed by atoms with van der Waals surface area (Å²) in [6.45, 7) is 5.43. The van der Waals surface area contributed by atoms with Gasteiger partial charge in [-0.15, -0.1) is 0 Å². The molecule has 2 N–H and O–H groups in total. The van der Waals surface area contributed by atoms with E-state index in [1.165, 1.54) is 0 Å². The van der Waals surface area contributed by atoms with Crippen LogP contribution in [-0.4, -0.2) is 22.6 Å². The summed E-state index contributed by atoms with van der Waals surface area (Å²) in [6.07, 6.45) is 4.42. The quantitative estimate of drug-likeness (QED) is 0.745. The number of carbonyl (C=O) groups excluding carboxylic acids is 1. The molecule has 0 radical (unpaired) electrons. The number of pyridine rings is 1. The third-order valence-corrected chi connectivity index (χ3v) is 3.71. The Morgan fingerprint density at radius 1 is 1.28 bits per heavy atom. The number of nitrogens with one attached hydrogen (secondary N) is 2. The normalized spacial score (nSPS) is 10.4. The average Bonchev–Trinajstić information content (AvgIpc) is 2.61. The van der Waals surface area contributed by atoms with Gasteiger partial charge < -0.3 is 10.1 Å². The summed E-state index contributed by atoms with van der Waals surface area (Å²) >= 11 is 5.17. The van der Waals surface area contributed by atoms with Crippen LogP contribution in [0.25, 0.3) is 0 Å². The molecule has 0 saturated heterocycles. The second-order valence-electron chi connectivity index (χ2n) is 6.06. The Labute approximate surface area is 153 Å². The van der Waals surface area contributed by atoms with Gasteiger partial charge in [-0.05, 0) is 54.4 Å². The molecule has 1 amide bonds. The maximum Gasteiger partial charge on any atom is 0.257 e. The number of ether oxygens (including phenoxy) is 1. The van der Waals surface area contributed by atoms with Crippen molar-refractivity contribution in [2.45, 2.75) is 26.8 Å². The number of carbonyl (C=O) groups is 1. The van der Waals surface area contributed by atoms with Crippen LogP contribution < -0.4 is 15.4 Å². The number of benzene rings is 1. The van der Waals surface area contributed by atoms with Gasteiger partial charge in [0.2, 0.25) is 0 Å². The van der Waals surface area contributed by atoms with Gasteiger partial charge in [0.05, 0.1) is 6.61 Å². The number of hydrogen-bond acceptors (Lipinski definition) is 4. The molecule has 0 aliphatic carbocycles. The van der Waals surface area contributed by atoms with Gasteiger partial charge in [-0.25, -0.2) is 0 Å². The standard InChI is InChI=1S/C19H23N3O2S/c1-14(2)8-10-24-17-7-3-6-16(11-17)18(23)22-19(25)21-13-15-5-4-9-20-12-15/h3-7,9,11-12,14H,8,10,13H2,1-2H3,(H2,21,22,23,25). The summed E-state index contributed by atoms with van der Waals surface area (Å²) in [4.78, 5) is 16.3. The number of thiocarbonyl (C=S) groups is 1. The monoisotopic (exact) mass is 357 g/mol. The number of amides is 1. The van der Waals surface area contributed by atoms with Crippen molar-refractivity contribution in [3.8, 4) is 5.75 Å². The van der Waals surface area contributed by atoms with Crippen LogP contribution in [0.1, 0.15) is 36.2 Å². The van der Waals surface area contributed by atoms with E-state index in [1.54, 1.807) is 30.6 Å². The molecule has 25 heavy (non-hydrogen) atoms. The van der Waals surface area contributed by atoms with Gasteiger partial charge in [-0.1, -0.05) is 26.0 Å². The summed E-state index contributed by atoms with van der Waals surface area (Å²) in [5.74, 6) is 0.996. The first-order valence-electron chi connectivity index (χ1n) is 8.25. The fourth-order valence-electron chi connectivity index (χ4n) is 2.04. The van der Waals surface area contributed by atoms with Crippen molar-refractivity contribution in [2.75, 3.05) is 6.61 Å². The first kappa shape index (κ1) is 18.9. The van der Waals surface area contributed by atoms with E-state index in [0.717, 1.165) is 12.0 Å². The maximum atomic E-state index is 12.3. The van der Waals surface area contributed by atoms with E-state index in [9.17, 15) is 4.79 Å². The zero-order chi connectivity index (χ0) is 18.1. The van der Waals surface area contributed by atoms with Gasteiger partial charge in [0.1, 0.15) is 5.75 Å². The van der Waals surface area contributed by atoms with Crippen LogP contribution in [-0.2, 0) is 6.54 Å². The molecule has 132 valence electrons. The number of nitrogens with zero attached hydrogens (tertiary/aromatic N) is 1. The lowest BCUT2D eigenvalue weighted by Gasteiger charge is -2.11. The number of hydrogen-bond donors (Lipinski definition) is 2. The average molecular weight is 357 g/mol. The molecule has 0 aliphatic rings. The van der Waals surface area contributed by atoms with Gasteiger partial charge in [0, 0.05) is 24.5 Å². The van der Waals surface area contributed by atoms with Crippen molar-refractivity contribution in [3.05, 3.63) is 59.9 Å². The molecule has 2 rings (SSSR count). The first-order chi connectivity index (χ1) is 12.0. The van der Waals surface area contributed by atoms with Gasteiger partial charge in [-0.2, -0.15) is 0 Å². The molecule has 5 nitrogen and oxygen atoms in total. The van der Waals surface area contributed by atoms with Crippen molar-refractivity contribution in [3.63, 3.8) is 0 Å². The molecule has 0 aliphatic heterocycles. The van der Waals surface area contributed by atoms with Crippen molar-refractivity contribution in [1.29, 1.82) is 0 Å². The Hall–Kier alpha value is -2.47. The molecule has 0 bridgehead atoms. The van der Waals surface area contributed by atoms with Crippen molar-refractivity contribution < 1.29 is 9.53 Å².